The van der Waals surface area contributed by atoms with Crippen molar-refractivity contribution in [3.63, 3.8) is 0 Å². The Morgan fingerprint density at radius 1 is 1.15 bits per heavy atom. The van der Waals surface area contributed by atoms with Crippen molar-refractivity contribution in [3.8, 4) is 0 Å². The minimum atomic E-state index is -0.238. The largest absolute Gasteiger partial charge is 0.358 e. The Hall–Kier alpha value is -1.94. The highest BCUT2D eigenvalue weighted by Gasteiger charge is 2.02. The Kier molecular flexibility index (Phi) is 4.69. The van der Waals surface area contributed by atoms with Crippen molar-refractivity contribution in [2.24, 2.45) is 0 Å². The first kappa shape index (κ1) is 14.5. The average Bonchev–Trinajstić information content (AvgIpc) is 2.41. The SMILES string of the molecule is Cc1ccc(C)c(NC(=S)NCc2cccc(F)c2)c1. The lowest BCUT2D eigenvalue weighted by atomic mass is 10.1. The zero-order chi connectivity index (χ0) is 14.5. The number of nitrogens with one attached hydrogen (secondary N) is 2. The highest BCUT2D eigenvalue weighted by molar-refractivity contribution is 7.80. The Labute approximate surface area is 124 Å². The summed E-state index contributed by atoms with van der Waals surface area (Å²) in [6, 6.07) is 12.6. The first-order valence-corrected chi connectivity index (χ1v) is 6.82. The molecule has 2 N–H and O–H groups in total. The van der Waals surface area contributed by atoms with Crippen molar-refractivity contribution in [3.05, 3.63) is 65.0 Å². The molecule has 0 unspecified atom stereocenters. The maximum absolute atomic E-state index is 13.1. The van der Waals surface area contributed by atoms with E-state index in [0.29, 0.717) is 11.7 Å². The van der Waals surface area contributed by atoms with E-state index in [-0.39, 0.29) is 5.82 Å². The Morgan fingerprint density at radius 2 is 1.95 bits per heavy atom. The molecule has 2 rings (SSSR count). The first-order valence-electron chi connectivity index (χ1n) is 6.41. The molecule has 0 heterocycles. The molecule has 4 heteroatoms. The first-order chi connectivity index (χ1) is 9.54. The molecule has 20 heavy (non-hydrogen) atoms. The maximum atomic E-state index is 13.1. The summed E-state index contributed by atoms with van der Waals surface area (Å²) in [6.45, 7) is 4.55. The van der Waals surface area contributed by atoms with Gasteiger partial charge in [0.15, 0.2) is 5.11 Å². The van der Waals surface area contributed by atoms with Crippen molar-refractivity contribution in [1.82, 2.24) is 5.32 Å². The highest BCUT2D eigenvalue weighted by atomic mass is 32.1. The molecule has 0 radical (unpaired) electrons. The normalized spacial score (nSPS) is 10.2. The van der Waals surface area contributed by atoms with Crippen LogP contribution in [-0.4, -0.2) is 5.11 Å². The van der Waals surface area contributed by atoms with E-state index >= 15 is 0 Å². The van der Waals surface area contributed by atoms with Crippen molar-refractivity contribution in [2.75, 3.05) is 5.32 Å². The fourth-order valence-corrected chi connectivity index (χ4v) is 2.05. The van der Waals surface area contributed by atoms with Crippen LogP contribution in [0.1, 0.15) is 16.7 Å². The Balaban J connectivity index is 1.94. The monoisotopic (exact) mass is 288 g/mol. The van der Waals surface area contributed by atoms with Crippen molar-refractivity contribution >= 4 is 23.0 Å². The summed E-state index contributed by atoms with van der Waals surface area (Å²) < 4.78 is 13.1. The fraction of sp³-hybridized carbons (Fsp3) is 0.188. The number of rotatable bonds is 3. The number of halogens is 1. The third kappa shape index (κ3) is 4.03. The van der Waals surface area contributed by atoms with Crippen LogP contribution in [0.25, 0.3) is 0 Å². The van der Waals surface area contributed by atoms with Crippen LogP contribution in [0.15, 0.2) is 42.5 Å². The maximum Gasteiger partial charge on any atom is 0.171 e. The van der Waals surface area contributed by atoms with E-state index in [0.717, 1.165) is 16.8 Å². The molecule has 0 aromatic heterocycles. The van der Waals surface area contributed by atoms with E-state index in [9.17, 15) is 4.39 Å². The lowest BCUT2D eigenvalue weighted by molar-refractivity contribution is 0.625. The summed E-state index contributed by atoms with van der Waals surface area (Å²) >= 11 is 5.25. The van der Waals surface area contributed by atoms with Crippen LogP contribution in [0.2, 0.25) is 0 Å². The molecule has 0 bridgehead atoms. The van der Waals surface area contributed by atoms with Crippen LogP contribution in [0.4, 0.5) is 10.1 Å². The summed E-state index contributed by atoms with van der Waals surface area (Å²) in [5.74, 6) is -0.238. The second-order valence-electron chi connectivity index (χ2n) is 4.76. The van der Waals surface area contributed by atoms with Crippen LogP contribution >= 0.6 is 12.2 Å². The van der Waals surface area contributed by atoms with E-state index in [1.54, 1.807) is 6.07 Å². The van der Waals surface area contributed by atoms with Gasteiger partial charge in [-0.25, -0.2) is 4.39 Å². The zero-order valence-electron chi connectivity index (χ0n) is 11.5. The average molecular weight is 288 g/mol. The van der Waals surface area contributed by atoms with Gasteiger partial charge in [0, 0.05) is 12.2 Å². The Morgan fingerprint density at radius 3 is 2.70 bits per heavy atom. The topological polar surface area (TPSA) is 24.1 Å². The molecule has 0 aliphatic carbocycles. The molecule has 0 spiro atoms. The minimum Gasteiger partial charge on any atom is -0.358 e. The van der Waals surface area contributed by atoms with Gasteiger partial charge in [0.1, 0.15) is 5.82 Å². The molecule has 0 aliphatic heterocycles. The van der Waals surface area contributed by atoms with Crippen LogP contribution in [0.3, 0.4) is 0 Å². The van der Waals surface area contributed by atoms with Gasteiger partial charge < -0.3 is 10.6 Å². The molecule has 0 fully saturated rings. The second kappa shape index (κ2) is 6.48. The van der Waals surface area contributed by atoms with Crippen LogP contribution in [0, 0.1) is 19.7 Å². The van der Waals surface area contributed by atoms with E-state index in [1.165, 1.54) is 17.7 Å². The molecule has 0 saturated carbocycles. The second-order valence-corrected chi connectivity index (χ2v) is 5.16. The standard InChI is InChI=1S/C16H17FN2S/c1-11-6-7-12(2)15(8-11)19-16(20)18-10-13-4-3-5-14(17)9-13/h3-9H,10H2,1-2H3,(H2,18,19,20). The van der Waals surface area contributed by atoms with Gasteiger partial charge in [-0.15, -0.1) is 0 Å². The lowest BCUT2D eigenvalue weighted by Gasteiger charge is -2.13. The molecule has 2 nitrogen and oxygen atoms in total. The van der Waals surface area contributed by atoms with Crippen molar-refractivity contribution in [1.29, 1.82) is 0 Å². The van der Waals surface area contributed by atoms with E-state index in [2.05, 4.69) is 16.7 Å². The van der Waals surface area contributed by atoms with Crippen LogP contribution in [0.5, 0.6) is 0 Å². The molecule has 0 aliphatic rings. The van der Waals surface area contributed by atoms with Crippen molar-refractivity contribution in [2.45, 2.75) is 20.4 Å². The Bertz CT molecular complexity index is 626. The molecule has 2 aromatic rings. The minimum absolute atomic E-state index is 0.238. The van der Waals surface area contributed by atoms with Gasteiger partial charge in [-0.2, -0.15) is 0 Å². The number of thiocarbonyl (C=S) groups is 1. The molecule has 104 valence electrons. The smallest absolute Gasteiger partial charge is 0.171 e. The summed E-state index contributed by atoms with van der Waals surface area (Å²) in [4.78, 5) is 0. The van der Waals surface area contributed by atoms with Gasteiger partial charge in [0.05, 0.1) is 0 Å². The van der Waals surface area contributed by atoms with Crippen molar-refractivity contribution < 1.29 is 4.39 Å². The zero-order valence-corrected chi connectivity index (χ0v) is 12.4. The van der Waals surface area contributed by atoms with Gasteiger partial charge in [-0.3, -0.25) is 0 Å². The third-order valence-corrected chi connectivity index (χ3v) is 3.23. The lowest BCUT2D eigenvalue weighted by Crippen LogP contribution is -2.28. The number of hydrogen-bond acceptors (Lipinski definition) is 1. The van der Waals surface area contributed by atoms with Gasteiger partial charge in [0.2, 0.25) is 0 Å². The van der Waals surface area contributed by atoms with Gasteiger partial charge in [-0.1, -0.05) is 24.3 Å². The third-order valence-electron chi connectivity index (χ3n) is 2.98. The van der Waals surface area contributed by atoms with E-state index in [4.69, 9.17) is 12.2 Å². The molecule has 0 amide bonds. The number of aryl methyl sites for hydroxylation is 2. The molecular formula is C16H17FN2S. The quantitative estimate of drug-likeness (QED) is 0.837. The summed E-state index contributed by atoms with van der Waals surface area (Å²) in [5.41, 5.74) is 4.15. The van der Waals surface area contributed by atoms with Gasteiger partial charge in [-0.05, 0) is 61.0 Å². The predicted octanol–water partition coefficient (Wildman–Crippen LogP) is 3.93. The molecular weight excluding hydrogens is 271 g/mol. The highest BCUT2D eigenvalue weighted by Crippen LogP contribution is 2.16. The van der Waals surface area contributed by atoms with Crippen LogP contribution < -0.4 is 10.6 Å². The van der Waals surface area contributed by atoms with Gasteiger partial charge >= 0.3 is 0 Å². The van der Waals surface area contributed by atoms with Gasteiger partial charge in [0.25, 0.3) is 0 Å². The van der Waals surface area contributed by atoms with Crippen LogP contribution in [-0.2, 0) is 6.54 Å². The molecule has 2 aromatic carbocycles. The number of benzene rings is 2. The summed E-state index contributed by atoms with van der Waals surface area (Å²) in [7, 11) is 0. The predicted molar refractivity (Wildman–Crippen MR) is 85.4 cm³/mol. The van der Waals surface area contributed by atoms with E-state index in [1.807, 2.05) is 32.0 Å². The molecule has 0 atom stereocenters. The number of hydrogen-bond donors (Lipinski definition) is 2. The fourth-order valence-electron chi connectivity index (χ4n) is 1.87. The number of anilines is 1. The summed E-state index contributed by atoms with van der Waals surface area (Å²) in [5, 5.41) is 6.77. The summed E-state index contributed by atoms with van der Waals surface area (Å²) in [6.07, 6.45) is 0. The van der Waals surface area contributed by atoms with E-state index < -0.39 is 0 Å². The molecule has 0 saturated heterocycles.